The summed E-state index contributed by atoms with van der Waals surface area (Å²) in [5, 5.41) is 10.5. The van der Waals surface area contributed by atoms with E-state index >= 15 is 0 Å². The number of benzene rings is 2. The van der Waals surface area contributed by atoms with Crippen LogP contribution in [0.3, 0.4) is 0 Å². The van der Waals surface area contributed by atoms with E-state index in [1.807, 2.05) is 37.2 Å². The van der Waals surface area contributed by atoms with Crippen molar-refractivity contribution >= 4 is 39.0 Å². The van der Waals surface area contributed by atoms with Gasteiger partial charge < -0.3 is 15.7 Å². The van der Waals surface area contributed by atoms with Crippen LogP contribution in [0.5, 0.6) is 0 Å². The molecule has 0 heterocycles. The molecule has 23 heavy (non-hydrogen) atoms. The summed E-state index contributed by atoms with van der Waals surface area (Å²) in [6, 6.07) is 9.53. The number of rotatable bonds is 6. The lowest BCUT2D eigenvalue weighted by molar-refractivity contribution is -0.138. The highest BCUT2D eigenvalue weighted by atomic mass is 32.2. The van der Waals surface area contributed by atoms with E-state index in [1.54, 1.807) is 18.2 Å². The van der Waals surface area contributed by atoms with Crippen molar-refractivity contribution in [2.75, 3.05) is 29.8 Å². The summed E-state index contributed by atoms with van der Waals surface area (Å²) in [5.74, 6) is -1.25. The maximum Gasteiger partial charge on any atom is 0.322 e. The Bertz CT molecular complexity index is 796. The molecule has 124 valence electrons. The van der Waals surface area contributed by atoms with Gasteiger partial charge in [0.15, 0.2) is 0 Å². The topological polar surface area (TPSA) is 104 Å². The number of thiol groups is 1. The van der Waals surface area contributed by atoms with Crippen LogP contribution in [-0.4, -0.2) is 46.2 Å². The van der Waals surface area contributed by atoms with Crippen molar-refractivity contribution in [2.45, 2.75) is 6.04 Å². The third kappa shape index (κ3) is 3.54. The minimum Gasteiger partial charge on any atom is -0.480 e. The number of anilines is 2. The highest BCUT2D eigenvalue weighted by molar-refractivity contribution is 7.74. The number of carbonyl (C=O) groups is 1. The molecule has 3 N–H and O–H groups in total. The third-order valence-electron chi connectivity index (χ3n) is 3.52. The van der Waals surface area contributed by atoms with Gasteiger partial charge in [-0.1, -0.05) is 24.3 Å². The zero-order valence-corrected chi connectivity index (χ0v) is 13.7. The molecular formula is C15H19N3O4S. The van der Waals surface area contributed by atoms with Gasteiger partial charge in [-0.15, -0.1) is 0 Å². The molecule has 0 radical (unpaired) electrons. The molecule has 0 aromatic heterocycles. The summed E-state index contributed by atoms with van der Waals surface area (Å²) in [6.07, 6.45) is 0. The normalized spacial score (nSPS) is 12.3. The lowest BCUT2D eigenvalue weighted by atomic mass is 10.1. The minimum atomic E-state index is -3.02. The number of aliphatic carboxylic acids is 1. The van der Waals surface area contributed by atoms with Gasteiger partial charge in [0.2, 0.25) is 10.9 Å². The van der Waals surface area contributed by atoms with Gasteiger partial charge in [-0.25, -0.2) is 8.42 Å². The van der Waals surface area contributed by atoms with Gasteiger partial charge in [-0.3, -0.25) is 9.10 Å². The quantitative estimate of drug-likeness (QED) is 0.669. The van der Waals surface area contributed by atoms with Crippen LogP contribution in [0.4, 0.5) is 11.4 Å². The molecule has 0 saturated heterocycles. The first-order valence-electron chi connectivity index (χ1n) is 6.92. The predicted octanol–water partition coefficient (Wildman–Crippen LogP) is 0.650. The van der Waals surface area contributed by atoms with Crippen LogP contribution in [0.15, 0.2) is 36.4 Å². The molecule has 0 fully saturated rings. The predicted molar refractivity (Wildman–Crippen MR) is 91.5 cm³/mol. The van der Waals surface area contributed by atoms with E-state index < -0.39 is 22.9 Å². The standard InChI is InChI=1S/C15H19N3O4S/c1-17(2)13-7-3-6-11-10(13)5-4-8-14(11)18(23(21)22)9-12(16)15(19)20/h3-8,12,23H,9,16H2,1-2H3,(H,19,20). The van der Waals surface area contributed by atoms with Gasteiger partial charge in [0.05, 0.1) is 12.2 Å². The smallest absolute Gasteiger partial charge is 0.322 e. The van der Waals surface area contributed by atoms with E-state index in [0.717, 1.165) is 20.8 Å². The van der Waals surface area contributed by atoms with Gasteiger partial charge in [0, 0.05) is 30.6 Å². The van der Waals surface area contributed by atoms with E-state index in [2.05, 4.69) is 0 Å². The summed E-state index contributed by atoms with van der Waals surface area (Å²) in [4.78, 5) is 12.9. The van der Waals surface area contributed by atoms with E-state index in [0.29, 0.717) is 5.69 Å². The Morgan fingerprint density at radius 3 is 2.13 bits per heavy atom. The van der Waals surface area contributed by atoms with Crippen molar-refractivity contribution in [2.24, 2.45) is 5.73 Å². The highest BCUT2D eigenvalue weighted by Gasteiger charge is 2.20. The van der Waals surface area contributed by atoms with Gasteiger partial charge in [0.25, 0.3) is 0 Å². The Morgan fingerprint density at radius 1 is 1.13 bits per heavy atom. The number of hydrogen-bond acceptors (Lipinski definition) is 5. The van der Waals surface area contributed by atoms with Gasteiger partial charge in [0.1, 0.15) is 6.04 Å². The van der Waals surface area contributed by atoms with Crippen molar-refractivity contribution in [3.05, 3.63) is 36.4 Å². The highest BCUT2D eigenvalue weighted by Crippen LogP contribution is 2.32. The number of nitrogens with two attached hydrogens (primary N) is 1. The fourth-order valence-corrected chi connectivity index (χ4v) is 3.07. The van der Waals surface area contributed by atoms with Crippen LogP contribution in [0.25, 0.3) is 10.8 Å². The van der Waals surface area contributed by atoms with Crippen molar-refractivity contribution < 1.29 is 18.3 Å². The van der Waals surface area contributed by atoms with Crippen molar-refractivity contribution in [1.82, 2.24) is 0 Å². The third-order valence-corrected chi connectivity index (χ3v) is 4.29. The molecule has 0 aliphatic carbocycles. The zero-order chi connectivity index (χ0) is 17.1. The monoisotopic (exact) mass is 337 g/mol. The molecule has 2 aromatic carbocycles. The average Bonchev–Trinajstić information content (AvgIpc) is 2.50. The van der Waals surface area contributed by atoms with Crippen LogP contribution in [0.1, 0.15) is 0 Å². The summed E-state index contributed by atoms with van der Waals surface area (Å²) in [7, 11) is 0.774. The molecule has 7 nitrogen and oxygen atoms in total. The molecular weight excluding hydrogens is 318 g/mol. The Balaban J connectivity index is 2.60. The maximum atomic E-state index is 11.6. The van der Waals surface area contributed by atoms with Crippen LogP contribution in [0, 0.1) is 0 Å². The molecule has 0 aliphatic heterocycles. The number of carboxylic acid groups (broad SMARTS) is 1. The second-order valence-corrected chi connectivity index (χ2v) is 6.27. The minimum absolute atomic E-state index is 0.320. The number of carboxylic acids is 1. The Morgan fingerprint density at radius 2 is 1.65 bits per heavy atom. The van der Waals surface area contributed by atoms with Crippen molar-refractivity contribution in [3.8, 4) is 0 Å². The van der Waals surface area contributed by atoms with Gasteiger partial charge in [-0.05, 0) is 12.1 Å². The summed E-state index contributed by atoms with van der Waals surface area (Å²) in [5.41, 5.74) is 6.85. The number of hydrogen-bond donors (Lipinski definition) is 3. The second kappa shape index (κ2) is 6.84. The molecule has 8 heteroatoms. The fourth-order valence-electron chi connectivity index (χ4n) is 2.41. The first-order chi connectivity index (χ1) is 10.8. The van der Waals surface area contributed by atoms with Crippen LogP contribution < -0.4 is 14.9 Å². The van der Waals surface area contributed by atoms with Crippen molar-refractivity contribution in [1.29, 1.82) is 0 Å². The first-order valence-corrected chi connectivity index (χ1v) is 8.05. The van der Waals surface area contributed by atoms with E-state index in [4.69, 9.17) is 10.8 Å². The summed E-state index contributed by atoms with van der Waals surface area (Å²) in [6.45, 7) is -0.320. The molecule has 1 atom stereocenters. The Labute approximate surface area is 136 Å². The average molecular weight is 337 g/mol. The van der Waals surface area contributed by atoms with Crippen molar-refractivity contribution in [3.63, 3.8) is 0 Å². The summed E-state index contributed by atoms with van der Waals surface area (Å²) >= 11 is 0. The van der Waals surface area contributed by atoms with Gasteiger partial charge >= 0.3 is 5.97 Å². The summed E-state index contributed by atoms with van der Waals surface area (Å²) < 4.78 is 24.3. The Hall–Kier alpha value is -2.32. The fraction of sp³-hybridized carbons (Fsp3) is 0.267. The zero-order valence-electron chi connectivity index (χ0n) is 12.8. The molecule has 0 spiro atoms. The lowest BCUT2D eigenvalue weighted by Gasteiger charge is -2.23. The molecule has 0 saturated carbocycles. The maximum absolute atomic E-state index is 11.6. The molecule has 1 unspecified atom stereocenters. The van der Waals surface area contributed by atoms with Crippen LogP contribution >= 0.6 is 0 Å². The molecule has 2 aromatic rings. The van der Waals surface area contributed by atoms with E-state index in [1.165, 1.54) is 0 Å². The number of nitrogens with zero attached hydrogens (tertiary/aromatic N) is 2. The van der Waals surface area contributed by atoms with Gasteiger partial charge in [-0.2, -0.15) is 0 Å². The molecule has 0 aliphatic rings. The van der Waals surface area contributed by atoms with E-state index in [9.17, 15) is 13.2 Å². The molecule has 2 rings (SSSR count). The van der Waals surface area contributed by atoms with E-state index in [-0.39, 0.29) is 6.54 Å². The lowest BCUT2D eigenvalue weighted by Crippen LogP contribution is -2.42. The second-order valence-electron chi connectivity index (χ2n) is 5.31. The molecule has 0 bridgehead atoms. The van der Waals surface area contributed by atoms with Crippen LogP contribution in [-0.2, 0) is 15.7 Å². The Kier molecular flexibility index (Phi) is 5.07. The van der Waals surface area contributed by atoms with Crippen LogP contribution in [0.2, 0.25) is 0 Å². The largest absolute Gasteiger partial charge is 0.480 e. The first kappa shape index (κ1) is 17.0. The molecule has 0 amide bonds. The SMILES string of the molecule is CN(C)c1cccc2c(N(CC(N)C(=O)O)[SH](=O)=O)cccc12. The number of fused-ring (bicyclic) bond motifs is 1.